The van der Waals surface area contributed by atoms with Gasteiger partial charge in [0.05, 0.1) is 37.1 Å². The molecule has 7 bridgehead atoms. The SMILES string of the molecule is CCN1C[C@]2(CO)CC[C@H](OC)C34C5CC6C(O)C5[C@](O)(C[C@@H]6OC)C(O)(C(OC)C32)C14. The minimum Gasteiger partial charge on any atom is -0.396 e. The summed E-state index contributed by atoms with van der Waals surface area (Å²) in [5, 5.41) is 47.6. The van der Waals surface area contributed by atoms with E-state index in [-0.39, 0.29) is 49.0 Å². The summed E-state index contributed by atoms with van der Waals surface area (Å²) in [5.41, 5.74) is -4.11. The summed E-state index contributed by atoms with van der Waals surface area (Å²) in [4.78, 5) is 2.28. The fraction of sp³-hybridized carbons (Fsp3) is 1.00. The molecule has 1 saturated heterocycles. The molecule has 0 amide bonds. The molecule has 182 valence electrons. The number of methoxy groups -OCH3 is 3. The van der Waals surface area contributed by atoms with Gasteiger partial charge in [-0.1, -0.05) is 6.92 Å². The van der Waals surface area contributed by atoms with Crippen LogP contribution in [0.25, 0.3) is 0 Å². The van der Waals surface area contributed by atoms with Gasteiger partial charge in [-0.05, 0) is 31.7 Å². The molecule has 0 aromatic carbocycles. The Balaban J connectivity index is 1.69. The first-order valence-electron chi connectivity index (χ1n) is 12.3. The fourth-order valence-electron chi connectivity index (χ4n) is 10.7. The van der Waals surface area contributed by atoms with Crippen LogP contribution < -0.4 is 0 Å². The lowest BCUT2D eigenvalue weighted by molar-refractivity contribution is -0.318. The van der Waals surface area contributed by atoms with Crippen LogP contribution in [0.4, 0.5) is 0 Å². The molecule has 6 rings (SSSR count). The molecule has 1 aliphatic heterocycles. The van der Waals surface area contributed by atoms with Crippen molar-refractivity contribution >= 4 is 0 Å². The summed E-state index contributed by atoms with van der Waals surface area (Å²) in [6.45, 7) is 3.46. The maximum atomic E-state index is 12.8. The van der Waals surface area contributed by atoms with Gasteiger partial charge < -0.3 is 34.6 Å². The Labute approximate surface area is 189 Å². The Morgan fingerprint density at radius 2 is 1.84 bits per heavy atom. The standard InChI is InChI=1S/C24H39NO7/c1-5-25-10-21(11-26)7-6-15(31-3)23-13-8-12-14(30-2)9-22(28,16(13)17(12)27)24(29,20(23)25)19(32-4)18(21)23/h12-20,26-29H,5-11H2,1-4H3/t12?,13?,14-,15-,16?,17?,18?,19?,20?,21-,22+,23?,24?/m0/s1. The highest BCUT2D eigenvalue weighted by Crippen LogP contribution is 2.80. The maximum Gasteiger partial charge on any atom is 0.136 e. The molecule has 0 aromatic heterocycles. The van der Waals surface area contributed by atoms with Gasteiger partial charge in [0, 0.05) is 62.9 Å². The topological polar surface area (TPSA) is 112 Å². The molecule has 0 aromatic rings. The lowest BCUT2D eigenvalue weighted by Gasteiger charge is -2.70. The summed E-state index contributed by atoms with van der Waals surface area (Å²) >= 11 is 0. The zero-order chi connectivity index (χ0) is 22.8. The van der Waals surface area contributed by atoms with Crippen molar-refractivity contribution in [1.82, 2.24) is 4.90 Å². The van der Waals surface area contributed by atoms with Crippen molar-refractivity contribution in [1.29, 1.82) is 0 Å². The number of likely N-dealkylation sites (tertiary alicyclic amines) is 1. The van der Waals surface area contributed by atoms with Gasteiger partial charge in [0.15, 0.2) is 0 Å². The lowest BCUT2D eigenvalue weighted by Crippen LogP contribution is -2.82. The Bertz CT molecular complexity index is 798. The Morgan fingerprint density at radius 1 is 1.09 bits per heavy atom. The van der Waals surface area contributed by atoms with Crippen LogP contribution in [-0.2, 0) is 14.2 Å². The third kappa shape index (κ3) is 1.96. The van der Waals surface area contributed by atoms with Crippen LogP contribution in [0.15, 0.2) is 0 Å². The largest absolute Gasteiger partial charge is 0.396 e. The van der Waals surface area contributed by atoms with E-state index < -0.39 is 40.2 Å². The summed E-state index contributed by atoms with van der Waals surface area (Å²) in [5.74, 6) is -0.749. The first-order chi connectivity index (χ1) is 15.3. The second kappa shape index (κ2) is 6.66. The van der Waals surface area contributed by atoms with E-state index in [4.69, 9.17) is 14.2 Å². The second-order valence-electron chi connectivity index (χ2n) is 11.6. The Morgan fingerprint density at radius 3 is 2.44 bits per heavy atom. The van der Waals surface area contributed by atoms with E-state index in [2.05, 4.69) is 11.8 Å². The molecule has 1 heterocycles. The maximum absolute atomic E-state index is 12.8. The molecule has 8 heteroatoms. The van der Waals surface area contributed by atoms with Gasteiger partial charge in [0.25, 0.3) is 0 Å². The molecule has 4 N–H and O–H groups in total. The van der Waals surface area contributed by atoms with Crippen LogP contribution >= 0.6 is 0 Å². The van der Waals surface area contributed by atoms with E-state index >= 15 is 0 Å². The van der Waals surface area contributed by atoms with Gasteiger partial charge in [-0.2, -0.15) is 0 Å². The third-order valence-electron chi connectivity index (χ3n) is 11.4. The number of rotatable bonds is 5. The number of ether oxygens (including phenoxy) is 3. The highest BCUT2D eigenvalue weighted by molar-refractivity contribution is 5.41. The highest BCUT2D eigenvalue weighted by atomic mass is 16.5. The molecular formula is C24H39NO7. The number of aliphatic hydroxyl groups is 4. The molecule has 6 aliphatic rings. The number of hydrogen-bond acceptors (Lipinski definition) is 8. The number of hydrogen-bond donors (Lipinski definition) is 4. The zero-order valence-electron chi connectivity index (χ0n) is 19.6. The molecule has 5 aliphatic carbocycles. The molecule has 32 heavy (non-hydrogen) atoms. The van der Waals surface area contributed by atoms with Crippen molar-refractivity contribution < 1.29 is 34.6 Å². The van der Waals surface area contributed by atoms with E-state index in [1.807, 2.05) is 0 Å². The Hall–Kier alpha value is -0.320. The number of fused-ring (bicyclic) bond motifs is 2. The van der Waals surface area contributed by atoms with Gasteiger partial charge in [-0.3, -0.25) is 4.90 Å². The summed E-state index contributed by atoms with van der Waals surface area (Å²) in [6.07, 6.45) is 0.720. The average molecular weight is 454 g/mol. The van der Waals surface area contributed by atoms with E-state index in [0.717, 1.165) is 19.3 Å². The summed E-state index contributed by atoms with van der Waals surface area (Å²) in [7, 11) is 4.99. The van der Waals surface area contributed by atoms with Gasteiger partial charge >= 0.3 is 0 Å². The number of aliphatic hydroxyl groups excluding tert-OH is 2. The van der Waals surface area contributed by atoms with Gasteiger partial charge in [0.1, 0.15) is 11.2 Å². The third-order valence-corrected chi connectivity index (χ3v) is 11.4. The van der Waals surface area contributed by atoms with Gasteiger partial charge in [-0.15, -0.1) is 0 Å². The number of piperidine rings is 1. The van der Waals surface area contributed by atoms with Crippen molar-refractivity contribution in [2.45, 2.75) is 74.3 Å². The van der Waals surface area contributed by atoms with Crippen molar-refractivity contribution in [2.24, 2.45) is 34.5 Å². The molecule has 0 radical (unpaired) electrons. The van der Waals surface area contributed by atoms with Crippen LogP contribution in [0.2, 0.25) is 0 Å². The average Bonchev–Trinajstić information content (AvgIpc) is 3.15. The van der Waals surface area contributed by atoms with Crippen molar-refractivity contribution in [3.8, 4) is 0 Å². The van der Waals surface area contributed by atoms with E-state index in [1.165, 1.54) is 0 Å². The van der Waals surface area contributed by atoms with E-state index in [0.29, 0.717) is 13.1 Å². The molecule has 5 saturated carbocycles. The van der Waals surface area contributed by atoms with Gasteiger partial charge in [-0.25, -0.2) is 0 Å². The van der Waals surface area contributed by atoms with Crippen LogP contribution in [-0.4, -0.2) is 108 Å². The molecule has 1 spiro atoms. The normalized spacial score (nSPS) is 62.4. The smallest absolute Gasteiger partial charge is 0.136 e. The lowest BCUT2D eigenvalue weighted by atomic mass is 9.42. The number of nitrogens with zero attached hydrogens (tertiary/aromatic N) is 1. The first kappa shape index (κ1) is 22.2. The number of likely N-dealkylation sites (N-methyl/N-ethyl adjacent to an activating group) is 1. The van der Waals surface area contributed by atoms with Crippen LogP contribution in [0.3, 0.4) is 0 Å². The highest BCUT2D eigenvalue weighted by Gasteiger charge is 2.91. The molecule has 13 atom stereocenters. The van der Waals surface area contributed by atoms with Gasteiger partial charge in [0.2, 0.25) is 0 Å². The molecule has 9 unspecified atom stereocenters. The van der Waals surface area contributed by atoms with Crippen molar-refractivity contribution in [3.05, 3.63) is 0 Å². The van der Waals surface area contributed by atoms with E-state index in [1.54, 1.807) is 21.3 Å². The summed E-state index contributed by atoms with van der Waals surface area (Å²) < 4.78 is 18.1. The molecule has 6 fully saturated rings. The van der Waals surface area contributed by atoms with Crippen molar-refractivity contribution in [2.75, 3.05) is 41.0 Å². The zero-order valence-corrected chi connectivity index (χ0v) is 19.6. The Kier molecular flexibility index (Phi) is 4.62. The minimum atomic E-state index is -1.60. The quantitative estimate of drug-likeness (QED) is 0.446. The summed E-state index contributed by atoms with van der Waals surface area (Å²) in [6, 6.07) is -0.368. The second-order valence-corrected chi connectivity index (χ2v) is 11.6. The molecule has 8 nitrogen and oxygen atoms in total. The fourth-order valence-corrected chi connectivity index (χ4v) is 10.7. The predicted octanol–water partition coefficient (Wildman–Crippen LogP) is -0.383. The first-order valence-corrected chi connectivity index (χ1v) is 12.3. The van der Waals surface area contributed by atoms with Crippen molar-refractivity contribution in [3.63, 3.8) is 0 Å². The predicted molar refractivity (Wildman–Crippen MR) is 114 cm³/mol. The minimum absolute atomic E-state index is 0.0114. The monoisotopic (exact) mass is 453 g/mol. The van der Waals surface area contributed by atoms with Crippen LogP contribution in [0.1, 0.15) is 32.6 Å². The van der Waals surface area contributed by atoms with E-state index in [9.17, 15) is 20.4 Å². The molecular weight excluding hydrogens is 414 g/mol. The van der Waals surface area contributed by atoms with Crippen LogP contribution in [0.5, 0.6) is 0 Å². The van der Waals surface area contributed by atoms with Crippen LogP contribution in [0, 0.1) is 34.5 Å².